The number of aromatic amines is 1. The van der Waals surface area contributed by atoms with Crippen LogP contribution >= 0.6 is 0 Å². The Morgan fingerprint density at radius 2 is 1.90 bits per heavy atom. The van der Waals surface area contributed by atoms with Crippen LogP contribution in [0.5, 0.6) is 5.75 Å². The highest BCUT2D eigenvalue weighted by Crippen LogP contribution is 2.31. The largest absolute Gasteiger partial charge is 0.460 e. The molecule has 0 amide bonds. The molecule has 5 atom stereocenters. The van der Waals surface area contributed by atoms with Crippen molar-refractivity contribution in [2.24, 2.45) is 0 Å². The van der Waals surface area contributed by atoms with Crippen molar-refractivity contribution in [3.05, 3.63) is 30.0 Å². The van der Waals surface area contributed by atoms with Crippen LogP contribution in [-0.2, 0) is 11.2 Å². The van der Waals surface area contributed by atoms with Crippen LogP contribution in [0.15, 0.2) is 24.4 Å². The van der Waals surface area contributed by atoms with E-state index in [9.17, 15) is 20.4 Å². The molecule has 1 saturated heterocycles. The van der Waals surface area contributed by atoms with Crippen molar-refractivity contribution in [1.29, 1.82) is 0 Å². The van der Waals surface area contributed by atoms with Crippen LogP contribution in [-0.4, -0.2) is 87.3 Å². The first-order valence-corrected chi connectivity index (χ1v) is 10.3. The van der Waals surface area contributed by atoms with E-state index in [1.165, 1.54) is 5.56 Å². The van der Waals surface area contributed by atoms with E-state index >= 15 is 0 Å². The summed E-state index contributed by atoms with van der Waals surface area (Å²) < 4.78 is 11.3. The zero-order chi connectivity index (χ0) is 21.0. The summed E-state index contributed by atoms with van der Waals surface area (Å²) in [5, 5.41) is 40.5. The standard InChI is InChI=1S/C21H32N2O6/c1-3-9-23(4-2)10-8-13-11-22-17-14(13)6-5-7-15(17)28-21-20(27)19(26)18(25)16(12-24)29-21/h5-7,11,16,18-22,24-27H,3-4,8-10,12H2,1-2H3. The highest BCUT2D eigenvalue weighted by molar-refractivity contribution is 5.88. The van der Waals surface area contributed by atoms with E-state index in [0.29, 0.717) is 5.75 Å². The minimum atomic E-state index is -1.47. The number of aliphatic hydroxyl groups excluding tert-OH is 4. The second-order valence-electron chi connectivity index (χ2n) is 7.49. The fourth-order valence-corrected chi connectivity index (χ4v) is 3.80. The van der Waals surface area contributed by atoms with Crippen LogP contribution in [0, 0.1) is 0 Å². The van der Waals surface area contributed by atoms with Crippen molar-refractivity contribution in [1.82, 2.24) is 9.88 Å². The van der Waals surface area contributed by atoms with Gasteiger partial charge in [-0.05, 0) is 37.6 Å². The average Bonchev–Trinajstić information content (AvgIpc) is 3.15. The summed E-state index contributed by atoms with van der Waals surface area (Å²) in [6.07, 6.45) is -2.54. The molecule has 1 aromatic heterocycles. The van der Waals surface area contributed by atoms with E-state index < -0.39 is 37.3 Å². The smallest absolute Gasteiger partial charge is 0.229 e. The van der Waals surface area contributed by atoms with Gasteiger partial charge in [-0.3, -0.25) is 0 Å². The van der Waals surface area contributed by atoms with Gasteiger partial charge >= 0.3 is 0 Å². The molecular formula is C21H32N2O6. The van der Waals surface area contributed by atoms with E-state index in [0.717, 1.165) is 43.4 Å². The van der Waals surface area contributed by atoms with Gasteiger partial charge in [0.05, 0.1) is 12.1 Å². The molecule has 0 spiro atoms. The minimum absolute atomic E-state index is 0.471. The van der Waals surface area contributed by atoms with Gasteiger partial charge in [0.2, 0.25) is 6.29 Å². The lowest BCUT2D eigenvalue weighted by Gasteiger charge is -2.39. The summed E-state index contributed by atoms with van der Waals surface area (Å²) in [6, 6.07) is 5.62. The zero-order valence-electron chi connectivity index (χ0n) is 17.0. The fourth-order valence-electron chi connectivity index (χ4n) is 3.80. The molecule has 0 bridgehead atoms. The van der Waals surface area contributed by atoms with E-state index in [4.69, 9.17) is 9.47 Å². The fraction of sp³-hybridized carbons (Fsp3) is 0.619. The number of aromatic nitrogens is 1. The number of hydrogen-bond acceptors (Lipinski definition) is 7. The Bertz CT molecular complexity index is 780. The predicted molar refractivity (Wildman–Crippen MR) is 109 cm³/mol. The van der Waals surface area contributed by atoms with Crippen molar-refractivity contribution in [3.63, 3.8) is 0 Å². The monoisotopic (exact) mass is 408 g/mol. The van der Waals surface area contributed by atoms with Crippen molar-refractivity contribution in [2.45, 2.75) is 57.4 Å². The quantitative estimate of drug-likeness (QED) is 0.413. The maximum absolute atomic E-state index is 10.2. The molecule has 5 N–H and O–H groups in total. The summed E-state index contributed by atoms with van der Waals surface area (Å²) >= 11 is 0. The van der Waals surface area contributed by atoms with E-state index in [-0.39, 0.29) is 0 Å². The number of ether oxygens (including phenoxy) is 2. The molecule has 0 aliphatic carbocycles. The Labute approximate surface area is 170 Å². The number of rotatable bonds is 9. The second kappa shape index (κ2) is 9.88. The van der Waals surface area contributed by atoms with Crippen molar-refractivity contribution >= 4 is 10.9 Å². The lowest BCUT2D eigenvalue weighted by atomic mass is 9.99. The van der Waals surface area contributed by atoms with Gasteiger partial charge in [0.1, 0.15) is 30.2 Å². The van der Waals surface area contributed by atoms with Crippen molar-refractivity contribution < 1.29 is 29.9 Å². The molecule has 0 saturated carbocycles. The van der Waals surface area contributed by atoms with Gasteiger partial charge in [-0.25, -0.2) is 0 Å². The van der Waals surface area contributed by atoms with Crippen LogP contribution in [0.25, 0.3) is 10.9 Å². The molecule has 0 radical (unpaired) electrons. The summed E-state index contributed by atoms with van der Waals surface area (Å²) in [6.45, 7) is 6.91. The maximum atomic E-state index is 10.2. The molecule has 8 nitrogen and oxygen atoms in total. The topological polar surface area (TPSA) is 118 Å². The first-order valence-electron chi connectivity index (χ1n) is 10.3. The molecule has 2 aromatic rings. The molecule has 3 rings (SSSR count). The lowest BCUT2D eigenvalue weighted by molar-refractivity contribution is -0.277. The van der Waals surface area contributed by atoms with Crippen LogP contribution in [0.1, 0.15) is 25.8 Å². The van der Waals surface area contributed by atoms with Gasteiger partial charge in [0.15, 0.2) is 0 Å². The van der Waals surface area contributed by atoms with Crippen LogP contribution < -0.4 is 4.74 Å². The van der Waals surface area contributed by atoms with Crippen molar-refractivity contribution in [2.75, 3.05) is 26.2 Å². The van der Waals surface area contributed by atoms with Crippen LogP contribution in [0.3, 0.4) is 0 Å². The Morgan fingerprint density at radius 1 is 1.10 bits per heavy atom. The number of fused-ring (bicyclic) bond motifs is 1. The molecule has 1 aromatic carbocycles. The maximum Gasteiger partial charge on any atom is 0.229 e. The molecule has 29 heavy (non-hydrogen) atoms. The number of hydrogen-bond donors (Lipinski definition) is 5. The van der Waals surface area contributed by atoms with Crippen molar-refractivity contribution in [3.8, 4) is 5.75 Å². The predicted octanol–water partition coefficient (Wildman–Crippen LogP) is 0.621. The number of nitrogens with one attached hydrogen (secondary N) is 1. The lowest BCUT2D eigenvalue weighted by Crippen LogP contribution is -2.60. The number of H-pyrrole nitrogens is 1. The molecule has 1 fully saturated rings. The number of benzene rings is 1. The van der Waals surface area contributed by atoms with Gasteiger partial charge in [-0.2, -0.15) is 0 Å². The number of nitrogens with zero attached hydrogens (tertiary/aromatic N) is 1. The first-order chi connectivity index (χ1) is 14.0. The normalized spacial score (nSPS) is 27.6. The van der Waals surface area contributed by atoms with E-state index in [1.807, 2.05) is 18.3 Å². The Morgan fingerprint density at radius 3 is 2.59 bits per heavy atom. The number of para-hydroxylation sites is 1. The molecule has 1 aliphatic heterocycles. The minimum Gasteiger partial charge on any atom is -0.460 e. The SMILES string of the molecule is CCCN(CC)CCc1c[nH]c2c(OC3OC(CO)C(O)C(O)C3O)cccc12. The molecule has 162 valence electrons. The van der Waals surface area contributed by atoms with E-state index in [2.05, 4.69) is 23.7 Å². The third-order valence-corrected chi connectivity index (χ3v) is 5.54. The molecule has 8 heteroatoms. The van der Waals surface area contributed by atoms with Crippen LogP contribution in [0.2, 0.25) is 0 Å². The third kappa shape index (κ3) is 4.74. The van der Waals surface area contributed by atoms with Crippen LogP contribution in [0.4, 0.5) is 0 Å². The Balaban J connectivity index is 1.76. The molecule has 1 aliphatic rings. The number of likely N-dealkylation sites (N-methyl/N-ethyl adjacent to an activating group) is 1. The molecule has 5 unspecified atom stereocenters. The molecular weight excluding hydrogens is 376 g/mol. The average molecular weight is 408 g/mol. The Hall–Kier alpha value is -1.68. The van der Waals surface area contributed by atoms with E-state index in [1.54, 1.807) is 6.07 Å². The first kappa shape index (κ1) is 22.0. The summed E-state index contributed by atoms with van der Waals surface area (Å²) in [5.41, 5.74) is 1.95. The van der Waals surface area contributed by atoms with Gasteiger partial charge in [-0.15, -0.1) is 0 Å². The van der Waals surface area contributed by atoms with Gasteiger partial charge in [0, 0.05) is 18.1 Å². The zero-order valence-corrected chi connectivity index (χ0v) is 17.0. The second-order valence-corrected chi connectivity index (χ2v) is 7.49. The van der Waals surface area contributed by atoms with Gasteiger partial charge in [-0.1, -0.05) is 26.0 Å². The highest BCUT2D eigenvalue weighted by Gasteiger charge is 2.44. The number of aliphatic hydroxyl groups is 4. The summed E-state index contributed by atoms with van der Waals surface area (Å²) in [5.74, 6) is 0.471. The Kier molecular flexibility index (Phi) is 7.50. The molecule has 2 heterocycles. The summed E-state index contributed by atoms with van der Waals surface area (Å²) in [4.78, 5) is 5.65. The highest BCUT2D eigenvalue weighted by atomic mass is 16.7. The summed E-state index contributed by atoms with van der Waals surface area (Å²) in [7, 11) is 0. The van der Waals surface area contributed by atoms with Gasteiger partial charge in [0.25, 0.3) is 0 Å². The third-order valence-electron chi connectivity index (χ3n) is 5.54. The van der Waals surface area contributed by atoms with Gasteiger partial charge < -0.3 is 39.8 Å².